The Morgan fingerprint density at radius 1 is 0.829 bits per heavy atom. The summed E-state index contributed by atoms with van der Waals surface area (Å²) < 4.78 is 56.7. The molecular weight excluding hydrogens is 625 g/mol. The molecule has 3 unspecified atom stereocenters. The first-order chi connectivity index (χ1) is 19.5. The Labute approximate surface area is 261 Å². The fraction of sp³-hybridized carbons (Fsp3) is 1.00. The van der Waals surface area contributed by atoms with Crippen LogP contribution in [0.2, 0.25) is 31.7 Å². The number of ether oxygens (including phenoxy) is 2. The van der Waals surface area contributed by atoms with E-state index in [1.165, 1.54) is 25.7 Å². The maximum absolute atomic E-state index is 10.9. The van der Waals surface area contributed by atoms with Crippen LogP contribution in [0.3, 0.4) is 0 Å². The van der Waals surface area contributed by atoms with E-state index in [0.717, 1.165) is 75.7 Å². The summed E-state index contributed by atoms with van der Waals surface area (Å²) in [5, 5.41) is 0. The Kier molecular flexibility index (Phi) is 17.7. The SMILES string of the molecule is CO[Si](C)(CCCOC1CCC(C(C)(C)C2CCC(OCCC[Si](C)(OC)O[SiH](C)O[Si]O[Si])CC2)CC1)O[Si]=O. The second kappa shape index (κ2) is 19.2. The minimum absolute atomic E-state index is 0.0481. The van der Waals surface area contributed by atoms with E-state index >= 15 is 0 Å². The molecule has 0 spiro atoms. The number of hydrogen-bond donors (Lipinski definition) is 0. The van der Waals surface area contributed by atoms with Gasteiger partial charge in [-0.2, -0.15) is 0 Å². The highest BCUT2D eigenvalue weighted by Crippen LogP contribution is 2.49. The minimum Gasteiger partial charge on any atom is -0.556 e. The van der Waals surface area contributed by atoms with Crippen molar-refractivity contribution < 1.29 is 39.2 Å². The van der Waals surface area contributed by atoms with Crippen molar-refractivity contribution in [2.45, 2.75) is 122 Å². The maximum Gasteiger partial charge on any atom is 0.580 e. The van der Waals surface area contributed by atoms with Gasteiger partial charge in [0, 0.05) is 33.5 Å². The first-order valence-corrected chi connectivity index (χ1v) is 24.5. The van der Waals surface area contributed by atoms with E-state index in [1.807, 2.05) is 13.1 Å². The molecule has 41 heavy (non-hydrogen) atoms. The molecule has 6 radical (unpaired) electrons. The molecule has 2 aliphatic carbocycles. The van der Waals surface area contributed by atoms with Crippen LogP contribution in [0.25, 0.3) is 0 Å². The van der Waals surface area contributed by atoms with E-state index in [1.54, 1.807) is 14.2 Å². The highest BCUT2D eigenvalue weighted by molar-refractivity contribution is 6.73. The molecule has 236 valence electrons. The Hall–Kier alpha value is 0.621. The van der Waals surface area contributed by atoms with Gasteiger partial charge in [-0.15, -0.1) is 0 Å². The van der Waals surface area contributed by atoms with E-state index in [9.17, 15) is 4.46 Å². The topological polar surface area (TPSA) is 90.9 Å². The van der Waals surface area contributed by atoms with Crippen LogP contribution >= 0.6 is 0 Å². The second-order valence-electron chi connectivity index (χ2n) is 12.6. The van der Waals surface area contributed by atoms with Crippen molar-refractivity contribution in [3.8, 4) is 0 Å². The second-order valence-corrected chi connectivity index (χ2v) is 23.9. The van der Waals surface area contributed by atoms with Gasteiger partial charge in [-0.3, -0.25) is 0 Å². The predicted octanol–water partition coefficient (Wildman–Crippen LogP) is 4.88. The van der Waals surface area contributed by atoms with Gasteiger partial charge in [0.2, 0.25) is 10.5 Å². The lowest BCUT2D eigenvalue weighted by atomic mass is 9.60. The molecule has 0 aromatic carbocycles. The number of rotatable bonds is 21. The third kappa shape index (κ3) is 13.3. The lowest BCUT2D eigenvalue weighted by molar-refractivity contribution is -0.0352. The lowest BCUT2D eigenvalue weighted by Crippen LogP contribution is -2.43. The molecule has 0 N–H and O–H groups in total. The van der Waals surface area contributed by atoms with Gasteiger partial charge in [-0.05, 0) is 107 Å². The molecule has 0 aliphatic heterocycles. The molecule has 2 saturated carbocycles. The Morgan fingerprint density at radius 3 is 1.71 bits per heavy atom. The van der Waals surface area contributed by atoms with Crippen LogP contribution in [0.1, 0.15) is 78.1 Å². The largest absolute Gasteiger partial charge is 0.580 e. The standard InChI is InChI=1S/C26H54O9Si6/c1-26(2,22-10-14-24(15-11-22)30-18-8-20-40(6,28-3)34-37-27)23-12-16-25(17-13-23)31-19-9-21-41(7,29-4)35-39(5)33-38-32-36/h22-25,39H,8-21H2,1-7H3. The van der Waals surface area contributed by atoms with Gasteiger partial charge in [0.15, 0.2) is 0 Å². The van der Waals surface area contributed by atoms with Crippen LogP contribution in [0.4, 0.5) is 0 Å². The molecule has 0 aromatic heterocycles. The predicted molar refractivity (Wildman–Crippen MR) is 169 cm³/mol. The molecule has 0 bridgehead atoms. The van der Waals surface area contributed by atoms with Crippen LogP contribution in [-0.2, 0) is 39.2 Å². The van der Waals surface area contributed by atoms with Crippen LogP contribution in [0.5, 0.6) is 0 Å². The van der Waals surface area contributed by atoms with Crippen molar-refractivity contribution in [2.24, 2.45) is 17.3 Å². The van der Waals surface area contributed by atoms with Gasteiger partial charge < -0.3 is 39.2 Å². The highest BCUT2D eigenvalue weighted by Gasteiger charge is 2.41. The quantitative estimate of drug-likeness (QED) is 0.125. The summed E-state index contributed by atoms with van der Waals surface area (Å²) in [6.45, 7) is 12.6. The van der Waals surface area contributed by atoms with Gasteiger partial charge in [-0.25, -0.2) is 0 Å². The van der Waals surface area contributed by atoms with Crippen LogP contribution < -0.4 is 0 Å². The average Bonchev–Trinajstić information content (AvgIpc) is 2.97. The molecule has 2 aliphatic rings. The third-order valence-corrected chi connectivity index (χ3v) is 21.2. The molecule has 0 aromatic rings. The normalized spacial score (nSPS) is 27.5. The van der Waals surface area contributed by atoms with E-state index < -0.39 is 36.1 Å². The maximum atomic E-state index is 10.9. The molecule has 0 amide bonds. The average molecular weight is 679 g/mol. The Balaban J connectivity index is 1.64. The van der Waals surface area contributed by atoms with Crippen LogP contribution in [0.15, 0.2) is 0 Å². The van der Waals surface area contributed by atoms with E-state index in [-0.39, 0.29) is 10.0 Å². The molecular formula is C26H54O9Si6. The van der Waals surface area contributed by atoms with Crippen molar-refractivity contribution in [3.63, 3.8) is 0 Å². The van der Waals surface area contributed by atoms with Crippen molar-refractivity contribution in [1.82, 2.24) is 0 Å². The fourth-order valence-electron chi connectivity index (χ4n) is 6.53. The van der Waals surface area contributed by atoms with Gasteiger partial charge in [0.25, 0.3) is 9.28 Å². The summed E-state index contributed by atoms with van der Waals surface area (Å²) in [4.78, 5) is 0. The van der Waals surface area contributed by atoms with Crippen LogP contribution in [0, 0.1) is 17.3 Å². The van der Waals surface area contributed by atoms with Gasteiger partial charge in [0.1, 0.15) is 0 Å². The molecule has 0 saturated heterocycles. The third-order valence-electron chi connectivity index (χ3n) is 9.50. The monoisotopic (exact) mass is 678 g/mol. The smallest absolute Gasteiger partial charge is 0.556 e. The Morgan fingerprint density at radius 2 is 1.29 bits per heavy atom. The fourth-order valence-corrected chi connectivity index (χ4v) is 15.4. The van der Waals surface area contributed by atoms with E-state index in [4.69, 9.17) is 34.8 Å². The van der Waals surface area contributed by atoms with Crippen LogP contribution in [-0.4, -0.2) is 96.2 Å². The summed E-state index contributed by atoms with van der Waals surface area (Å²) in [6, 6.07) is 1.71. The molecule has 3 atom stereocenters. The first kappa shape index (κ1) is 37.8. The molecule has 9 nitrogen and oxygen atoms in total. The first-order valence-electron chi connectivity index (χ1n) is 15.3. The zero-order chi connectivity index (χ0) is 30.4. The molecule has 2 fully saturated rings. The summed E-state index contributed by atoms with van der Waals surface area (Å²) in [5.41, 5.74) is 0.352. The van der Waals surface area contributed by atoms with Crippen molar-refractivity contribution in [3.05, 3.63) is 0 Å². The van der Waals surface area contributed by atoms with Gasteiger partial charge in [-0.1, -0.05) is 13.8 Å². The van der Waals surface area contributed by atoms with Crippen molar-refractivity contribution >= 4 is 56.5 Å². The minimum atomic E-state index is -2.30. The molecule has 2 rings (SSSR count). The van der Waals surface area contributed by atoms with Crippen molar-refractivity contribution in [1.29, 1.82) is 0 Å². The Bertz CT molecular complexity index is 726. The summed E-state index contributed by atoms with van der Waals surface area (Å²) in [5.74, 6) is 1.52. The summed E-state index contributed by atoms with van der Waals surface area (Å²) >= 11 is 0. The highest BCUT2D eigenvalue weighted by atomic mass is 28.4. The van der Waals surface area contributed by atoms with Crippen molar-refractivity contribution in [2.75, 3.05) is 27.4 Å². The summed E-state index contributed by atoms with van der Waals surface area (Å²) in [7, 11) is -0.756. The zero-order valence-electron chi connectivity index (χ0n) is 26.5. The van der Waals surface area contributed by atoms with Gasteiger partial charge in [0.05, 0.1) is 12.2 Å². The van der Waals surface area contributed by atoms with E-state index in [0.29, 0.717) is 17.6 Å². The molecule has 0 heterocycles. The lowest BCUT2D eigenvalue weighted by Gasteiger charge is -2.46. The zero-order valence-corrected chi connectivity index (χ0v) is 32.6. The van der Waals surface area contributed by atoms with Gasteiger partial charge >= 0.3 is 36.8 Å². The summed E-state index contributed by atoms with van der Waals surface area (Å²) in [6.07, 6.45) is 12.2. The number of hydrogen-bond acceptors (Lipinski definition) is 9. The molecule has 15 heteroatoms. The van der Waals surface area contributed by atoms with E-state index in [2.05, 4.69) is 30.9 Å².